The van der Waals surface area contributed by atoms with Gasteiger partial charge in [-0.15, -0.1) is 0 Å². The van der Waals surface area contributed by atoms with Gasteiger partial charge in [-0.05, 0) is 70.8 Å². The SMILES string of the molecule is Cc1c2c(nn1C1CCNC3(CCC3)C1)-c1ccccc1OC21CCNCC1. The Morgan fingerprint density at radius 1 is 1.11 bits per heavy atom. The Balaban J connectivity index is 1.48. The number of benzene rings is 1. The number of nitrogens with zero attached hydrogens (tertiary/aromatic N) is 2. The molecule has 2 saturated heterocycles. The third-order valence-electron chi connectivity index (χ3n) is 7.72. The monoisotopic (exact) mass is 378 g/mol. The third-order valence-corrected chi connectivity index (χ3v) is 7.72. The van der Waals surface area contributed by atoms with Crippen LogP contribution in [-0.2, 0) is 5.60 Å². The molecule has 1 aliphatic carbocycles. The second-order valence-corrected chi connectivity index (χ2v) is 9.30. The highest BCUT2D eigenvalue weighted by atomic mass is 16.5. The molecule has 2 spiro atoms. The van der Waals surface area contributed by atoms with Crippen LogP contribution in [0.5, 0.6) is 5.75 Å². The summed E-state index contributed by atoms with van der Waals surface area (Å²) in [6.45, 7) is 5.39. The number of ether oxygens (including phenoxy) is 1. The van der Waals surface area contributed by atoms with Gasteiger partial charge in [-0.3, -0.25) is 4.68 Å². The van der Waals surface area contributed by atoms with Crippen LogP contribution in [0.2, 0.25) is 0 Å². The van der Waals surface area contributed by atoms with E-state index in [9.17, 15) is 0 Å². The number of rotatable bonds is 1. The molecule has 5 heteroatoms. The minimum Gasteiger partial charge on any atom is -0.482 e. The minimum absolute atomic E-state index is 0.224. The van der Waals surface area contributed by atoms with Gasteiger partial charge in [0, 0.05) is 35.2 Å². The van der Waals surface area contributed by atoms with Gasteiger partial charge < -0.3 is 15.4 Å². The lowest BCUT2D eigenvalue weighted by Gasteiger charge is -2.48. The van der Waals surface area contributed by atoms with Crippen molar-refractivity contribution in [3.63, 3.8) is 0 Å². The molecule has 1 unspecified atom stereocenters. The summed E-state index contributed by atoms with van der Waals surface area (Å²) in [7, 11) is 0. The predicted octanol–water partition coefficient (Wildman–Crippen LogP) is 3.68. The van der Waals surface area contributed by atoms with Crippen LogP contribution in [0.4, 0.5) is 0 Å². The first kappa shape index (κ1) is 17.0. The van der Waals surface area contributed by atoms with Crippen molar-refractivity contribution < 1.29 is 4.74 Å². The summed E-state index contributed by atoms with van der Waals surface area (Å²) in [5.74, 6) is 1.00. The Morgan fingerprint density at radius 2 is 1.93 bits per heavy atom. The van der Waals surface area contributed by atoms with Crippen molar-refractivity contribution in [3.8, 4) is 17.0 Å². The van der Waals surface area contributed by atoms with Gasteiger partial charge in [0.2, 0.25) is 0 Å². The first-order valence-corrected chi connectivity index (χ1v) is 11.0. The number of hydrogen-bond acceptors (Lipinski definition) is 4. The third kappa shape index (κ3) is 2.35. The standard InChI is InChI=1S/C23H30N4O/c1-16-20-21(26-27(16)17-7-12-25-22(15-17)8-4-9-22)18-5-2-3-6-19(18)28-23(20)10-13-24-14-11-23/h2-3,5-6,17,24-25H,4,7-15H2,1H3. The average Bonchev–Trinajstić information content (AvgIpc) is 3.06. The van der Waals surface area contributed by atoms with Crippen molar-refractivity contribution in [1.29, 1.82) is 0 Å². The van der Waals surface area contributed by atoms with Crippen LogP contribution in [0.1, 0.15) is 62.2 Å². The number of aromatic nitrogens is 2. The smallest absolute Gasteiger partial charge is 0.140 e. The molecule has 0 radical (unpaired) electrons. The molecular weight excluding hydrogens is 348 g/mol. The van der Waals surface area contributed by atoms with Crippen molar-refractivity contribution in [1.82, 2.24) is 20.4 Å². The molecule has 1 aromatic carbocycles. The van der Waals surface area contributed by atoms with Crippen LogP contribution in [0, 0.1) is 6.92 Å². The minimum atomic E-state index is -0.224. The Kier molecular flexibility index (Phi) is 3.70. The molecular formula is C23H30N4O. The van der Waals surface area contributed by atoms with Gasteiger partial charge in [-0.2, -0.15) is 5.10 Å². The number of para-hydroxylation sites is 1. The van der Waals surface area contributed by atoms with Crippen LogP contribution in [0.3, 0.4) is 0 Å². The number of nitrogens with one attached hydrogen (secondary N) is 2. The van der Waals surface area contributed by atoms with Crippen LogP contribution < -0.4 is 15.4 Å². The van der Waals surface area contributed by atoms with Crippen LogP contribution in [-0.4, -0.2) is 35.0 Å². The second kappa shape index (κ2) is 6.07. The largest absolute Gasteiger partial charge is 0.482 e. The van der Waals surface area contributed by atoms with Gasteiger partial charge >= 0.3 is 0 Å². The molecule has 0 amide bonds. The zero-order valence-electron chi connectivity index (χ0n) is 16.8. The average molecular weight is 379 g/mol. The highest BCUT2D eigenvalue weighted by molar-refractivity contribution is 5.74. The van der Waals surface area contributed by atoms with Crippen molar-refractivity contribution >= 4 is 0 Å². The van der Waals surface area contributed by atoms with E-state index < -0.39 is 0 Å². The van der Waals surface area contributed by atoms with E-state index in [4.69, 9.17) is 9.84 Å². The van der Waals surface area contributed by atoms with E-state index in [0.717, 1.165) is 43.8 Å². The van der Waals surface area contributed by atoms with E-state index in [1.165, 1.54) is 49.1 Å². The molecule has 1 saturated carbocycles. The molecule has 1 atom stereocenters. The summed E-state index contributed by atoms with van der Waals surface area (Å²) in [6.07, 6.45) is 8.42. The summed E-state index contributed by atoms with van der Waals surface area (Å²) in [4.78, 5) is 0. The Hall–Kier alpha value is -1.85. The van der Waals surface area contributed by atoms with Crippen LogP contribution in [0.15, 0.2) is 24.3 Å². The lowest BCUT2D eigenvalue weighted by atomic mass is 9.70. The first-order chi connectivity index (χ1) is 13.7. The molecule has 2 aromatic rings. The van der Waals surface area contributed by atoms with Crippen LogP contribution >= 0.6 is 0 Å². The summed E-state index contributed by atoms with van der Waals surface area (Å²) in [5, 5.41) is 12.6. The molecule has 2 N–H and O–H groups in total. The Bertz CT molecular complexity index is 907. The summed E-state index contributed by atoms with van der Waals surface area (Å²) >= 11 is 0. The Labute approximate surface area is 166 Å². The highest BCUT2D eigenvalue weighted by Gasteiger charge is 2.47. The van der Waals surface area contributed by atoms with Gasteiger partial charge in [-0.25, -0.2) is 0 Å². The van der Waals surface area contributed by atoms with Gasteiger partial charge in [0.15, 0.2) is 0 Å². The van der Waals surface area contributed by atoms with Crippen LogP contribution in [0.25, 0.3) is 11.3 Å². The fraction of sp³-hybridized carbons (Fsp3) is 0.609. The molecule has 6 rings (SSSR count). The van der Waals surface area contributed by atoms with E-state index in [1.54, 1.807) is 0 Å². The number of fused-ring (bicyclic) bond motifs is 4. The lowest BCUT2D eigenvalue weighted by molar-refractivity contribution is 0.0299. The summed E-state index contributed by atoms with van der Waals surface area (Å²) in [6, 6.07) is 8.97. The molecule has 4 aliphatic rings. The van der Waals surface area contributed by atoms with E-state index in [0.29, 0.717) is 11.6 Å². The van der Waals surface area contributed by atoms with Crippen molar-refractivity contribution in [2.24, 2.45) is 0 Å². The molecule has 5 nitrogen and oxygen atoms in total. The molecule has 1 aromatic heterocycles. The first-order valence-electron chi connectivity index (χ1n) is 11.0. The van der Waals surface area contributed by atoms with Gasteiger partial charge in [0.1, 0.15) is 17.0 Å². The Morgan fingerprint density at radius 3 is 2.71 bits per heavy atom. The molecule has 28 heavy (non-hydrogen) atoms. The van der Waals surface area contributed by atoms with Gasteiger partial charge in [0.05, 0.1) is 6.04 Å². The normalized spacial score (nSPS) is 27.0. The molecule has 0 bridgehead atoms. The quantitative estimate of drug-likeness (QED) is 0.795. The van der Waals surface area contributed by atoms with Crippen molar-refractivity contribution in [2.45, 2.75) is 69.1 Å². The number of piperidine rings is 2. The molecule has 148 valence electrons. The zero-order chi connectivity index (χ0) is 18.8. The number of hydrogen-bond donors (Lipinski definition) is 2. The maximum absolute atomic E-state index is 6.74. The highest BCUT2D eigenvalue weighted by Crippen LogP contribution is 2.51. The van der Waals surface area contributed by atoms with Gasteiger partial charge in [-0.1, -0.05) is 12.1 Å². The molecule has 3 fully saturated rings. The molecule has 4 heterocycles. The van der Waals surface area contributed by atoms with Crippen molar-refractivity contribution in [3.05, 3.63) is 35.5 Å². The van der Waals surface area contributed by atoms with E-state index in [-0.39, 0.29) is 5.60 Å². The van der Waals surface area contributed by atoms with E-state index >= 15 is 0 Å². The maximum Gasteiger partial charge on any atom is 0.140 e. The summed E-state index contributed by atoms with van der Waals surface area (Å²) in [5.41, 5.74) is 5.17. The topological polar surface area (TPSA) is 51.1 Å². The predicted molar refractivity (Wildman–Crippen MR) is 110 cm³/mol. The summed E-state index contributed by atoms with van der Waals surface area (Å²) < 4.78 is 9.11. The van der Waals surface area contributed by atoms with E-state index in [2.05, 4.69) is 46.5 Å². The fourth-order valence-corrected chi connectivity index (χ4v) is 6.13. The molecule has 3 aliphatic heterocycles. The van der Waals surface area contributed by atoms with Crippen molar-refractivity contribution in [2.75, 3.05) is 19.6 Å². The van der Waals surface area contributed by atoms with E-state index in [1.807, 2.05) is 0 Å². The maximum atomic E-state index is 6.74. The lowest BCUT2D eigenvalue weighted by Crippen LogP contribution is -2.55. The zero-order valence-corrected chi connectivity index (χ0v) is 16.8. The fourth-order valence-electron chi connectivity index (χ4n) is 6.13. The second-order valence-electron chi connectivity index (χ2n) is 9.30. The van der Waals surface area contributed by atoms with Gasteiger partial charge in [0.25, 0.3) is 0 Å².